The summed E-state index contributed by atoms with van der Waals surface area (Å²) in [4.78, 5) is 34.5. The van der Waals surface area contributed by atoms with Crippen molar-refractivity contribution in [3.63, 3.8) is 0 Å². The van der Waals surface area contributed by atoms with E-state index in [9.17, 15) is 14.7 Å². The number of aromatic amines is 1. The Balaban J connectivity index is 1.48. The monoisotopic (exact) mass is 357 g/mol. The molecule has 8 heteroatoms. The van der Waals surface area contributed by atoms with Crippen LogP contribution in [0.15, 0.2) is 42.9 Å². The summed E-state index contributed by atoms with van der Waals surface area (Å²) in [5, 5.41) is 12.0. The first-order valence-electron chi connectivity index (χ1n) is 8.63. The molecule has 138 valence electrons. The van der Waals surface area contributed by atoms with Crippen molar-refractivity contribution in [3.8, 4) is 0 Å². The number of nitrogens with one attached hydrogen (secondary N) is 2. The molecular formula is C18H23N5O3. The lowest BCUT2D eigenvalue weighted by molar-refractivity contribution is -0.139. The quantitative estimate of drug-likeness (QED) is 0.714. The molecule has 0 aliphatic carbocycles. The summed E-state index contributed by atoms with van der Waals surface area (Å²) in [7, 11) is 0. The number of hydrogen-bond acceptors (Lipinski definition) is 4. The van der Waals surface area contributed by atoms with E-state index in [-0.39, 0.29) is 12.5 Å². The third-order valence-corrected chi connectivity index (χ3v) is 4.48. The Kier molecular flexibility index (Phi) is 5.85. The van der Waals surface area contributed by atoms with Gasteiger partial charge in [0, 0.05) is 51.0 Å². The van der Waals surface area contributed by atoms with Crippen LogP contribution in [0.5, 0.6) is 0 Å². The predicted molar refractivity (Wildman–Crippen MR) is 95.5 cm³/mol. The summed E-state index contributed by atoms with van der Waals surface area (Å²) in [5.41, 5.74) is 1.92. The van der Waals surface area contributed by atoms with E-state index in [2.05, 4.69) is 32.3 Å². The minimum absolute atomic E-state index is 0.176. The largest absolute Gasteiger partial charge is 0.480 e. The van der Waals surface area contributed by atoms with Crippen LogP contribution in [0.1, 0.15) is 11.3 Å². The van der Waals surface area contributed by atoms with Crippen molar-refractivity contribution < 1.29 is 14.7 Å². The molecule has 2 aromatic rings. The maximum absolute atomic E-state index is 12.4. The van der Waals surface area contributed by atoms with Gasteiger partial charge in [-0.15, -0.1) is 0 Å². The zero-order valence-corrected chi connectivity index (χ0v) is 14.5. The first-order valence-corrected chi connectivity index (χ1v) is 8.63. The predicted octanol–water partition coefficient (Wildman–Crippen LogP) is 0.933. The first kappa shape index (κ1) is 17.9. The van der Waals surface area contributed by atoms with Gasteiger partial charge < -0.3 is 20.3 Å². The van der Waals surface area contributed by atoms with Crippen LogP contribution >= 0.6 is 0 Å². The van der Waals surface area contributed by atoms with Crippen LogP contribution in [0.4, 0.5) is 4.79 Å². The number of aliphatic carboxylic acids is 1. The number of piperazine rings is 1. The molecule has 1 aromatic carbocycles. The number of H-pyrrole nitrogens is 1. The number of benzene rings is 1. The number of imidazole rings is 1. The maximum atomic E-state index is 12.4. The summed E-state index contributed by atoms with van der Waals surface area (Å²) in [5.74, 6) is -1.06. The summed E-state index contributed by atoms with van der Waals surface area (Å²) in [6, 6.07) is 8.89. The van der Waals surface area contributed by atoms with Gasteiger partial charge >= 0.3 is 12.0 Å². The molecule has 0 unspecified atom stereocenters. The molecule has 1 aliphatic heterocycles. The molecule has 1 saturated heterocycles. The minimum Gasteiger partial charge on any atom is -0.480 e. The van der Waals surface area contributed by atoms with E-state index < -0.39 is 12.0 Å². The number of amides is 2. The summed E-state index contributed by atoms with van der Waals surface area (Å²) in [6.45, 7) is 3.54. The second-order valence-electron chi connectivity index (χ2n) is 6.37. The van der Waals surface area contributed by atoms with E-state index in [1.54, 1.807) is 11.1 Å². The summed E-state index contributed by atoms with van der Waals surface area (Å²) >= 11 is 0. The Morgan fingerprint density at radius 1 is 1.19 bits per heavy atom. The highest BCUT2D eigenvalue weighted by Crippen LogP contribution is 2.09. The number of aromatic nitrogens is 2. The zero-order chi connectivity index (χ0) is 18.4. The lowest BCUT2D eigenvalue weighted by Crippen LogP contribution is -2.54. The second-order valence-corrected chi connectivity index (χ2v) is 6.37. The lowest BCUT2D eigenvalue weighted by atomic mass is 10.1. The second kappa shape index (κ2) is 8.48. The molecule has 2 amide bonds. The number of carboxylic acids is 1. The normalized spacial score (nSPS) is 16.2. The lowest BCUT2D eigenvalue weighted by Gasteiger charge is -2.35. The van der Waals surface area contributed by atoms with Gasteiger partial charge in [0.15, 0.2) is 0 Å². The molecule has 2 heterocycles. The summed E-state index contributed by atoms with van der Waals surface area (Å²) in [6.07, 6.45) is 3.22. The van der Waals surface area contributed by atoms with Crippen LogP contribution < -0.4 is 5.32 Å². The number of nitrogens with zero attached hydrogens (tertiary/aromatic N) is 3. The van der Waals surface area contributed by atoms with Crippen LogP contribution in [0.2, 0.25) is 0 Å². The smallest absolute Gasteiger partial charge is 0.326 e. The first-order chi connectivity index (χ1) is 12.6. The topological polar surface area (TPSA) is 102 Å². The Hall–Kier alpha value is -2.87. The molecule has 8 nitrogen and oxygen atoms in total. The molecule has 0 radical (unpaired) electrons. The van der Waals surface area contributed by atoms with E-state index in [0.717, 1.165) is 19.6 Å². The molecule has 0 saturated carbocycles. The fourth-order valence-corrected chi connectivity index (χ4v) is 3.01. The molecule has 0 bridgehead atoms. The third kappa shape index (κ3) is 4.82. The van der Waals surface area contributed by atoms with Gasteiger partial charge in [-0.25, -0.2) is 14.6 Å². The number of urea groups is 1. The minimum atomic E-state index is -1.06. The highest BCUT2D eigenvalue weighted by atomic mass is 16.4. The maximum Gasteiger partial charge on any atom is 0.326 e. The molecular weight excluding hydrogens is 334 g/mol. The van der Waals surface area contributed by atoms with Crippen molar-refractivity contribution in [2.24, 2.45) is 0 Å². The van der Waals surface area contributed by atoms with Crippen LogP contribution in [-0.2, 0) is 17.8 Å². The van der Waals surface area contributed by atoms with Crippen LogP contribution in [-0.4, -0.2) is 69.1 Å². The van der Waals surface area contributed by atoms with Crippen molar-refractivity contribution in [1.29, 1.82) is 0 Å². The highest BCUT2D eigenvalue weighted by molar-refractivity contribution is 5.82. The number of carboxylic acid groups (broad SMARTS) is 1. The number of carbonyl (C=O) groups excluding carboxylic acids is 1. The standard InChI is InChI=1S/C18H23N5O3/c24-17(25)16(10-15-11-19-13-20-15)21-18(26)23-8-6-22(7-9-23)12-14-4-2-1-3-5-14/h1-5,11,13,16H,6-10,12H2,(H,19,20)(H,21,26)(H,24,25)/t16-/m0/s1. The van der Waals surface area contributed by atoms with E-state index in [1.807, 2.05) is 18.2 Å². The van der Waals surface area contributed by atoms with Crippen LogP contribution in [0.3, 0.4) is 0 Å². The summed E-state index contributed by atoms with van der Waals surface area (Å²) < 4.78 is 0. The number of rotatable bonds is 6. The van der Waals surface area contributed by atoms with Crippen molar-refractivity contribution in [3.05, 3.63) is 54.1 Å². The van der Waals surface area contributed by atoms with Gasteiger partial charge in [-0.05, 0) is 5.56 Å². The van der Waals surface area contributed by atoms with Gasteiger partial charge in [-0.2, -0.15) is 0 Å². The van der Waals surface area contributed by atoms with Crippen molar-refractivity contribution >= 4 is 12.0 Å². The molecule has 3 N–H and O–H groups in total. The molecule has 26 heavy (non-hydrogen) atoms. The van der Waals surface area contributed by atoms with Crippen molar-refractivity contribution in [2.75, 3.05) is 26.2 Å². The van der Waals surface area contributed by atoms with Crippen molar-refractivity contribution in [2.45, 2.75) is 19.0 Å². The van der Waals surface area contributed by atoms with E-state index in [0.29, 0.717) is 18.8 Å². The van der Waals surface area contributed by atoms with E-state index in [4.69, 9.17) is 0 Å². The van der Waals surface area contributed by atoms with E-state index in [1.165, 1.54) is 11.9 Å². The molecule has 1 aromatic heterocycles. The highest BCUT2D eigenvalue weighted by Gasteiger charge is 2.26. The fourth-order valence-electron chi connectivity index (χ4n) is 3.01. The molecule has 0 spiro atoms. The molecule has 1 fully saturated rings. The third-order valence-electron chi connectivity index (χ3n) is 4.48. The Labute approximate surface area is 151 Å². The molecule has 1 aliphatic rings. The Bertz CT molecular complexity index is 712. The van der Waals surface area contributed by atoms with Crippen molar-refractivity contribution in [1.82, 2.24) is 25.1 Å². The fraction of sp³-hybridized carbons (Fsp3) is 0.389. The number of carbonyl (C=O) groups is 2. The molecule has 3 rings (SSSR count). The van der Waals surface area contributed by atoms with Gasteiger partial charge in [-0.1, -0.05) is 30.3 Å². The Morgan fingerprint density at radius 3 is 2.54 bits per heavy atom. The average molecular weight is 357 g/mol. The van der Waals surface area contributed by atoms with Gasteiger partial charge in [0.25, 0.3) is 0 Å². The van der Waals surface area contributed by atoms with Crippen LogP contribution in [0.25, 0.3) is 0 Å². The van der Waals surface area contributed by atoms with Gasteiger partial charge in [-0.3, -0.25) is 4.90 Å². The van der Waals surface area contributed by atoms with Gasteiger partial charge in [0.05, 0.1) is 6.33 Å². The Morgan fingerprint density at radius 2 is 1.92 bits per heavy atom. The van der Waals surface area contributed by atoms with Crippen LogP contribution in [0, 0.1) is 0 Å². The average Bonchev–Trinajstić information content (AvgIpc) is 3.15. The zero-order valence-electron chi connectivity index (χ0n) is 14.5. The van der Waals surface area contributed by atoms with Gasteiger partial charge in [0.1, 0.15) is 6.04 Å². The SMILES string of the molecule is O=C(O)[C@H](Cc1cnc[nH]1)NC(=O)N1CCN(Cc2ccccc2)CC1. The van der Waals surface area contributed by atoms with E-state index >= 15 is 0 Å². The number of hydrogen-bond donors (Lipinski definition) is 3. The molecule has 1 atom stereocenters. The van der Waals surface area contributed by atoms with Gasteiger partial charge in [0.2, 0.25) is 0 Å².